The number of nitrogen functional groups attached to an aromatic ring is 1. The number of carbonyl (C=O) groups is 1. The minimum Gasteiger partial charge on any atom is -0.399 e. The maximum Gasteiger partial charge on any atom is 0.258 e. The van der Waals surface area contributed by atoms with Gasteiger partial charge in [-0.05, 0) is 48.6 Å². The first-order chi connectivity index (χ1) is 9.56. The molecule has 0 aromatic heterocycles. The number of rotatable bonds is 2. The Bertz CT molecular complexity index is 647. The van der Waals surface area contributed by atoms with Crippen molar-refractivity contribution < 1.29 is 4.79 Å². The summed E-state index contributed by atoms with van der Waals surface area (Å²) in [6.45, 7) is 0. The standard InChI is InChI=1S/C14H12ClN3OS.ClH/c15-12-4-2-1-3-11(12)13(19)18-14(20)17-10-7-5-9(16)6-8-10;/h1-8H,16H2,(H2,17,18,19,20);1H. The van der Waals surface area contributed by atoms with Crippen molar-refractivity contribution in [2.45, 2.75) is 0 Å². The molecule has 0 bridgehead atoms. The van der Waals surface area contributed by atoms with Crippen LogP contribution in [0.1, 0.15) is 10.4 Å². The second-order valence-corrected chi connectivity index (χ2v) is 4.83. The van der Waals surface area contributed by atoms with E-state index in [9.17, 15) is 4.79 Å². The van der Waals surface area contributed by atoms with Gasteiger partial charge >= 0.3 is 0 Å². The van der Waals surface area contributed by atoms with Crippen LogP contribution >= 0.6 is 36.2 Å². The lowest BCUT2D eigenvalue weighted by Gasteiger charge is -2.10. The van der Waals surface area contributed by atoms with Crippen molar-refractivity contribution in [3.8, 4) is 0 Å². The van der Waals surface area contributed by atoms with Crippen LogP contribution in [0.25, 0.3) is 0 Å². The van der Waals surface area contributed by atoms with Crippen LogP contribution in [0.3, 0.4) is 0 Å². The van der Waals surface area contributed by atoms with Gasteiger partial charge in [0.1, 0.15) is 0 Å². The molecule has 110 valence electrons. The van der Waals surface area contributed by atoms with Crippen molar-refractivity contribution in [2.24, 2.45) is 0 Å². The highest BCUT2D eigenvalue weighted by atomic mass is 35.5. The number of nitrogens with two attached hydrogens (primary N) is 1. The van der Waals surface area contributed by atoms with E-state index >= 15 is 0 Å². The quantitative estimate of drug-likeness (QED) is 0.577. The molecule has 0 heterocycles. The molecular weight excluding hydrogens is 329 g/mol. The summed E-state index contributed by atoms with van der Waals surface area (Å²) in [4.78, 5) is 12.0. The molecule has 0 radical (unpaired) electrons. The molecule has 0 spiro atoms. The van der Waals surface area contributed by atoms with Crippen LogP contribution in [-0.2, 0) is 0 Å². The summed E-state index contributed by atoms with van der Waals surface area (Å²) in [5.41, 5.74) is 7.35. The normalized spacial score (nSPS) is 9.38. The Hall–Kier alpha value is -1.82. The Balaban J connectivity index is 0.00000220. The Morgan fingerprint density at radius 2 is 1.71 bits per heavy atom. The average Bonchev–Trinajstić information content (AvgIpc) is 2.41. The highest BCUT2D eigenvalue weighted by Crippen LogP contribution is 2.15. The van der Waals surface area contributed by atoms with Crippen LogP contribution in [0.5, 0.6) is 0 Å². The number of carbonyl (C=O) groups excluding carboxylic acids is 1. The van der Waals surface area contributed by atoms with Crippen LogP contribution in [0, 0.1) is 0 Å². The second-order valence-electron chi connectivity index (χ2n) is 4.01. The molecule has 1 amide bonds. The minimum absolute atomic E-state index is 0. The lowest BCUT2D eigenvalue weighted by Crippen LogP contribution is -2.34. The van der Waals surface area contributed by atoms with Gasteiger partial charge in [0.05, 0.1) is 10.6 Å². The van der Waals surface area contributed by atoms with E-state index in [1.165, 1.54) is 0 Å². The Morgan fingerprint density at radius 3 is 2.33 bits per heavy atom. The van der Waals surface area contributed by atoms with E-state index in [-0.39, 0.29) is 23.4 Å². The van der Waals surface area contributed by atoms with Gasteiger partial charge in [-0.25, -0.2) is 0 Å². The highest BCUT2D eigenvalue weighted by molar-refractivity contribution is 7.80. The van der Waals surface area contributed by atoms with Crippen molar-refractivity contribution in [3.05, 3.63) is 59.1 Å². The molecule has 2 aromatic rings. The van der Waals surface area contributed by atoms with Crippen LogP contribution in [0.4, 0.5) is 11.4 Å². The number of hydrogen-bond acceptors (Lipinski definition) is 3. The number of halogens is 2. The van der Waals surface area contributed by atoms with Gasteiger partial charge in [0, 0.05) is 11.4 Å². The van der Waals surface area contributed by atoms with Crippen molar-refractivity contribution in [1.29, 1.82) is 0 Å². The van der Waals surface area contributed by atoms with E-state index in [4.69, 9.17) is 29.6 Å². The van der Waals surface area contributed by atoms with Gasteiger partial charge in [-0.1, -0.05) is 23.7 Å². The minimum atomic E-state index is -0.358. The third-order valence-electron chi connectivity index (χ3n) is 2.51. The Morgan fingerprint density at radius 1 is 1.10 bits per heavy atom. The molecular formula is C14H13Cl2N3OS. The molecule has 2 rings (SSSR count). The molecule has 0 unspecified atom stereocenters. The lowest BCUT2D eigenvalue weighted by molar-refractivity contribution is 0.0978. The molecule has 21 heavy (non-hydrogen) atoms. The fraction of sp³-hybridized carbons (Fsp3) is 0. The predicted molar refractivity (Wildman–Crippen MR) is 93.2 cm³/mol. The second kappa shape index (κ2) is 7.83. The predicted octanol–water partition coefficient (Wildman–Crippen LogP) is 3.47. The third-order valence-corrected chi connectivity index (χ3v) is 3.05. The van der Waals surface area contributed by atoms with E-state index in [0.717, 1.165) is 5.69 Å². The summed E-state index contributed by atoms with van der Waals surface area (Å²) in [5, 5.41) is 6.03. The fourth-order valence-electron chi connectivity index (χ4n) is 1.54. The molecule has 0 aliphatic carbocycles. The number of thiocarbonyl (C=S) groups is 1. The fourth-order valence-corrected chi connectivity index (χ4v) is 1.98. The van der Waals surface area contributed by atoms with Crippen molar-refractivity contribution >= 4 is 58.6 Å². The number of nitrogens with one attached hydrogen (secondary N) is 2. The Kier molecular flexibility index (Phi) is 6.42. The van der Waals surface area contributed by atoms with Gasteiger partial charge in [0.25, 0.3) is 5.91 Å². The zero-order valence-electron chi connectivity index (χ0n) is 10.8. The van der Waals surface area contributed by atoms with Crippen molar-refractivity contribution in [2.75, 3.05) is 11.1 Å². The van der Waals surface area contributed by atoms with Crippen molar-refractivity contribution in [3.63, 3.8) is 0 Å². The van der Waals surface area contributed by atoms with Gasteiger partial charge < -0.3 is 11.1 Å². The Labute approximate surface area is 139 Å². The number of anilines is 2. The summed E-state index contributed by atoms with van der Waals surface area (Å²) in [6.07, 6.45) is 0. The number of amides is 1. The van der Waals surface area contributed by atoms with E-state index in [0.29, 0.717) is 16.3 Å². The van der Waals surface area contributed by atoms with Gasteiger partial charge in [0.15, 0.2) is 5.11 Å². The largest absolute Gasteiger partial charge is 0.399 e. The van der Waals surface area contributed by atoms with E-state index in [1.807, 2.05) is 0 Å². The summed E-state index contributed by atoms with van der Waals surface area (Å²) < 4.78 is 0. The summed E-state index contributed by atoms with van der Waals surface area (Å²) in [6, 6.07) is 13.8. The van der Waals surface area contributed by atoms with Crippen molar-refractivity contribution in [1.82, 2.24) is 5.32 Å². The summed E-state index contributed by atoms with van der Waals surface area (Å²) in [7, 11) is 0. The summed E-state index contributed by atoms with van der Waals surface area (Å²) >= 11 is 11.0. The molecule has 7 heteroatoms. The molecule has 0 atom stereocenters. The third kappa shape index (κ3) is 4.90. The topological polar surface area (TPSA) is 67.2 Å². The molecule has 0 saturated heterocycles. The van der Waals surface area contributed by atoms with E-state index < -0.39 is 0 Å². The molecule has 4 nitrogen and oxygen atoms in total. The number of hydrogen-bond donors (Lipinski definition) is 3. The van der Waals surface area contributed by atoms with Crippen LogP contribution in [0.2, 0.25) is 5.02 Å². The monoisotopic (exact) mass is 341 g/mol. The number of benzene rings is 2. The van der Waals surface area contributed by atoms with Gasteiger partial charge in [0.2, 0.25) is 0 Å². The van der Waals surface area contributed by atoms with Crippen LogP contribution in [0.15, 0.2) is 48.5 Å². The maximum absolute atomic E-state index is 12.0. The van der Waals surface area contributed by atoms with E-state index in [2.05, 4.69) is 10.6 Å². The lowest BCUT2D eigenvalue weighted by atomic mass is 10.2. The van der Waals surface area contributed by atoms with Gasteiger partial charge in [-0.2, -0.15) is 0 Å². The smallest absolute Gasteiger partial charge is 0.258 e. The molecule has 0 fully saturated rings. The first-order valence-corrected chi connectivity index (χ1v) is 6.57. The SMILES string of the molecule is Cl.Nc1ccc(NC(=S)NC(=O)c2ccccc2Cl)cc1. The molecule has 0 aliphatic heterocycles. The molecule has 0 aliphatic rings. The maximum atomic E-state index is 12.0. The first-order valence-electron chi connectivity index (χ1n) is 5.78. The summed E-state index contributed by atoms with van der Waals surface area (Å²) in [5.74, 6) is -0.358. The zero-order chi connectivity index (χ0) is 14.5. The van der Waals surface area contributed by atoms with Gasteiger partial charge in [-0.3, -0.25) is 10.1 Å². The van der Waals surface area contributed by atoms with E-state index in [1.54, 1.807) is 48.5 Å². The molecule has 2 aromatic carbocycles. The molecule has 0 saturated carbocycles. The average molecular weight is 342 g/mol. The van der Waals surface area contributed by atoms with Crippen LogP contribution in [-0.4, -0.2) is 11.0 Å². The highest BCUT2D eigenvalue weighted by Gasteiger charge is 2.10. The first kappa shape index (κ1) is 17.2. The van der Waals surface area contributed by atoms with Gasteiger partial charge in [-0.15, -0.1) is 12.4 Å². The van der Waals surface area contributed by atoms with Crippen LogP contribution < -0.4 is 16.4 Å². The zero-order valence-corrected chi connectivity index (χ0v) is 13.2. The molecule has 4 N–H and O–H groups in total.